The largest absolute Gasteiger partial charge is 0.416 e. The first kappa shape index (κ1) is 25.6. The molecule has 0 spiro atoms. The highest BCUT2D eigenvalue weighted by Crippen LogP contribution is 2.51. The van der Waals surface area contributed by atoms with Crippen molar-refractivity contribution in [3.63, 3.8) is 0 Å². The molecule has 2 aromatic rings. The second kappa shape index (κ2) is 8.35. The third kappa shape index (κ3) is 5.07. The third-order valence-corrected chi connectivity index (χ3v) is 5.77. The maximum absolute atomic E-state index is 13.4. The molecule has 2 nitrogen and oxygen atoms in total. The van der Waals surface area contributed by atoms with Gasteiger partial charge in [-0.3, -0.25) is 4.79 Å². The van der Waals surface area contributed by atoms with Crippen molar-refractivity contribution >= 4 is 11.6 Å². The van der Waals surface area contributed by atoms with Crippen LogP contribution in [0.2, 0.25) is 0 Å². The Kier molecular flexibility index (Phi) is 6.30. The van der Waals surface area contributed by atoms with E-state index in [1.54, 1.807) is 18.2 Å². The lowest BCUT2D eigenvalue weighted by Gasteiger charge is -2.27. The van der Waals surface area contributed by atoms with E-state index in [1.165, 1.54) is 12.1 Å². The zero-order chi connectivity index (χ0) is 25.7. The van der Waals surface area contributed by atoms with Gasteiger partial charge in [-0.05, 0) is 48.7 Å². The van der Waals surface area contributed by atoms with Gasteiger partial charge in [0.2, 0.25) is 5.91 Å². The fourth-order valence-corrected chi connectivity index (χ4v) is 4.01. The Hall–Kier alpha value is -2.98. The summed E-state index contributed by atoms with van der Waals surface area (Å²) in [6, 6.07) is 8.61. The molecule has 3 rings (SSSR count). The second-order valence-corrected chi connectivity index (χ2v) is 8.27. The topological polar surface area (TPSA) is 20.3 Å². The molecule has 184 valence electrons. The molecule has 1 amide bonds. The maximum atomic E-state index is 13.4. The van der Waals surface area contributed by atoms with Crippen LogP contribution in [0.25, 0.3) is 5.70 Å². The molecule has 0 saturated carbocycles. The molecule has 1 atom stereocenters. The van der Waals surface area contributed by atoms with Crippen LogP contribution in [-0.2, 0) is 23.7 Å². The molecule has 1 aliphatic heterocycles. The van der Waals surface area contributed by atoms with Gasteiger partial charge in [0.1, 0.15) is 0 Å². The first-order chi connectivity index (χ1) is 15.4. The normalized spacial score (nSPS) is 19.9. The number of hydrogen-bond acceptors (Lipinski definition) is 1. The van der Waals surface area contributed by atoms with Gasteiger partial charge in [0.15, 0.2) is 0 Å². The molecule has 34 heavy (non-hydrogen) atoms. The van der Waals surface area contributed by atoms with Gasteiger partial charge in [0.25, 0.3) is 0 Å². The lowest BCUT2D eigenvalue weighted by atomic mass is 9.79. The van der Waals surface area contributed by atoms with Crippen LogP contribution in [0.4, 0.5) is 39.5 Å². The van der Waals surface area contributed by atoms with E-state index in [2.05, 4.69) is 0 Å². The molecule has 1 heterocycles. The van der Waals surface area contributed by atoms with Crippen LogP contribution in [-0.4, -0.2) is 17.0 Å². The molecule has 1 aliphatic rings. The highest BCUT2D eigenvalue weighted by atomic mass is 19.4. The number of hydrogen-bond donors (Lipinski definition) is 0. The van der Waals surface area contributed by atoms with Crippen molar-refractivity contribution in [2.24, 2.45) is 5.41 Å². The van der Waals surface area contributed by atoms with Crippen molar-refractivity contribution in [3.8, 4) is 0 Å². The Labute approximate surface area is 188 Å². The smallest absolute Gasteiger partial charge is 0.307 e. The van der Waals surface area contributed by atoms with Gasteiger partial charge in [0.05, 0.1) is 35.2 Å². The monoisotopic (exact) mass is 495 g/mol. The van der Waals surface area contributed by atoms with Gasteiger partial charge >= 0.3 is 18.5 Å². The third-order valence-electron chi connectivity index (χ3n) is 5.77. The van der Waals surface area contributed by atoms with Crippen molar-refractivity contribution in [1.29, 1.82) is 0 Å². The van der Waals surface area contributed by atoms with E-state index >= 15 is 0 Å². The van der Waals surface area contributed by atoms with E-state index in [-0.39, 0.29) is 18.2 Å². The standard InChI is InChI=1S/C23H18F9NO/c1-13-18(15-8-16(22(27,28)29)10-17(9-15)23(30,31)32)33(11-14-6-4-3-5-7-14)19(34)20(13,2)12-21(24,25)26/h3-10H,11-12H2,1-2H3. The number of amides is 1. The fourth-order valence-electron chi connectivity index (χ4n) is 4.01. The first-order valence-corrected chi connectivity index (χ1v) is 9.87. The van der Waals surface area contributed by atoms with Crippen molar-refractivity contribution < 1.29 is 44.3 Å². The van der Waals surface area contributed by atoms with Crippen LogP contribution < -0.4 is 0 Å². The number of alkyl halides is 9. The van der Waals surface area contributed by atoms with Gasteiger partial charge in [0, 0.05) is 0 Å². The Morgan fingerprint density at radius 3 is 1.76 bits per heavy atom. The van der Waals surface area contributed by atoms with Crippen LogP contribution in [0.3, 0.4) is 0 Å². The predicted molar refractivity (Wildman–Crippen MR) is 105 cm³/mol. The molecular formula is C23H18F9NO. The zero-order valence-electron chi connectivity index (χ0n) is 17.8. The minimum absolute atomic E-state index is 0.0768. The molecular weight excluding hydrogens is 477 g/mol. The van der Waals surface area contributed by atoms with E-state index in [0.29, 0.717) is 17.7 Å². The average molecular weight is 495 g/mol. The molecule has 0 radical (unpaired) electrons. The van der Waals surface area contributed by atoms with Crippen molar-refractivity contribution in [3.05, 3.63) is 76.4 Å². The summed E-state index contributed by atoms with van der Waals surface area (Å²) in [6.45, 7) is 1.77. The van der Waals surface area contributed by atoms with Gasteiger partial charge in [-0.25, -0.2) is 0 Å². The predicted octanol–water partition coefficient (Wildman–Crippen LogP) is 7.46. The Morgan fingerprint density at radius 2 is 1.32 bits per heavy atom. The van der Waals surface area contributed by atoms with Gasteiger partial charge in [-0.15, -0.1) is 0 Å². The summed E-state index contributed by atoms with van der Waals surface area (Å²) >= 11 is 0. The van der Waals surface area contributed by atoms with Crippen LogP contribution in [0, 0.1) is 5.41 Å². The van der Waals surface area contributed by atoms with E-state index in [9.17, 15) is 44.3 Å². The van der Waals surface area contributed by atoms with Crippen LogP contribution in [0.5, 0.6) is 0 Å². The molecule has 0 bridgehead atoms. The van der Waals surface area contributed by atoms with Gasteiger partial charge < -0.3 is 4.90 Å². The Morgan fingerprint density at radius 1 is 0.824 bits per heavy atom. The number of benzene rings is 2. The van der Waals surface area contributed by atoms with Crippen LogP contribution in [0.1, 0.15) is 42.5 Å². The summed E-state index contributed by atoms with van der Waals surface area (Å²) in [5.41, 5.74) is -6.34. The summed E-state index contributed by atoms with van der Waals surface area (Å²) in [7, 11) is 0. The van der Waals surface area contributed by atoms with E-state index < -0.39 is 58.7 Å². The highest BCUT2D eigenvalue weighted by Gasteiger charge is 2.53. The van der Waals surface area contributed by atoms with Crippen molar-refractivity contribution in [2.75, 3.05) is 0 Å². The fraction of sp³-hybridized carbons (Fsp3) is 0.348. The SMILES string of the molecule is CC1=C(c2cc(C(F)(F)F)cc(C(F)(F)F)c2)N(Cc2ccccc2)C(=O)C1(C)CC(F)(F)F. The van der Waals surface area contributed by atoms with E-state index in [0.717, 1.165) is 18.7 Å². The molecule has 0 saturated heterocycles. The van der Waals surface area contributed by atoms with Crippen molar-refractivity contribution in [2.45, 2.75) is 45.3 Å². The summed E-state index contributed by atoms with van der Waals surface area (Å²) in [4.78, 5) is 14.0. The Bertz CT molecular complexity index is 1080. The lowest BCUT2D eigenvalue weighted by Crippen LogP contribution is -2.37. The van der Waals surface area contributed by atoms with Crippen LogP contribution in [0.15, 0.2) is 54.1 Å². The second-order valence-electron chi connectivity index (χ2n) is 8.27. The summed E-state index contributed by atoms with van der Waals surface area (Å²) in [5.74, 6) is -1.06. The highest BCUT2D eigenvalue weighted by molar-refractivity contribution is 6.00. The van der Waals surface area contributed by atoms with E-state index in [1.807, 2.05) is 0 Å². The van der Waals surface area contributed by atoms with Crippen LogP contribution >= 0.6 is 0 Å². The summed E-state index contributed by atoms with van der Waals surface area (Å²) < 4.78 is 120. The number of rotatable bonds is 4. The molecule has 0 aromatic heterocycles. The lowest BCUT2D eigenvalue weighted by molar-refractivity contribution is -0.164. The van der Waals surface area contributed by atoms with Gasteiger partial charge in [-0.1, -0.05) is 30.3 Å². The van der Waals surface area contributed by atoms with Gasteiger partial charge in [-0.2, -0.15) is 39.5 Å². The molecule has 1 unspecified atom stereocenters. The first-order valence-electron chi connectivity index (χ1n) is 9.87. The zero-order valence-corrected chi connectivity index (χ0v) is 17.8. The summed E-state index contributed by atoms with van der Waals surface area (Å²) in [5, 5.41) is 0. The number of carbonyl (C=O) groups excluding carboxylic acids is 1. The molecule has 2 aromatic carbocycles. The Balaban J connectivity index is 2.27. The molecule has 0 N–H and O–H groups in total. The minimum atomic E-state index is -5.16. The number of carbonyl (C=O) groups is 1. The average Bonchev–Trinajstić information content (AvgIpc) is 2.86. The van der Waals surface area contributed by atoms with Crippen molar-refractivity contribution in [1.82, 2.24) is 4.90 Å². The molecule has 0 fully saturated rings. The number of nitrogens with zero attached hydrogens (tertiary/aromatic N) is 1. The molecule has 0 aliphatic carbocycles. The summed E-state index contributed by atoms with van der Waals surface area (Å²) in [6.07, 6.45) is -16.8. The van der Waals surface area contributed by atoms with E-state index in [4.69, 9.17) is 0 Å². The molecule has 11 heteroatoms. The number of halogens is 9. The maximum Gasteiger partial charge on any atom is 0.416 e. The quantitative estimate of drug-likeness (QED) is 0.404. The minimum Gasteiger partial charge on any atom is -0.307 e.